The first kappa shape index (κ1) is 21.2. The summed E-state index contributed by atoms with van der Waals surface area (Å²) >= 11 is 0. The maximum absolute atomic E-state index is 12.2. The van der Waals surface area contributed by atoms with E-state index in [0.717, 1.165) is 6.07 Å². The van der Waals surface area contributed by atoms with Gasteiger partial charge in [0.15, 0.2) is 6.61 Å². The molecule has 0 unspecified atom stereocenters. The van der Waals surface area contributed by atoms with Crippen molar-refractivity contribution in [1.82, 2.24) is 5.32 Å². The maximum Gasteiger partial charge on any atom is 0.344 e. The van der Waals surface area contributed by atoms with E-state index in [9.17, 15) is 19.7 Å². The summed E-state index contributed by atoms with van der Waals surface area (Å²) in [5.74, 6) is -1.08. The molecule has 0 saturated heterocycles. The average Bonchev–Trinajstić information content (AvgIpc) is 2.51. The molecule has 9 heteroatoms. The van der Waals surface area contributed by atoms with E-state index < -0.39 is 29.0 Å². The number of anilines is 1. The van der Waals surface area contributed by atoms with Gasteiger partial charge in [-0.25, -0.2) is 4.79 Å². The number of carbonyl (C=O) groups is 2. The Hall–Kier alpha value is -2.84. The number of nitrogens with one attached hydrogen (secondary N) is 2. The second-order valence-electron chi connectivity index (χ2n) is 6.39. The third kappa shape index (κ3) is 6.23. The quantitative estimate of drug-likeness (QED) is 0.411. The van der Waals surface area contributed by atoms with E-state index >= 15 is 0 Å². The molecule has 2 N–H and O–H groups in total. The third-order valence-corrected chi connectivity index (χ3v) is 3.01. The van der Waals surface area contributed by atoms with Gasteiger partial charge in [-0.2, -0.15) is 0 Å². The first-order valence-electron chi connectivity index (χ1n) is 8.28. The van der Waals surface area contributed by atoms with Crippen LogP contribution in [0, 0.1) is 10.1 Å². The lowest BCUT2D eigenvalue weighted by Gasteiger charge is -2.20. The molecule has 1 aromatic carbocycles. The van der Waals surface area contributed by atoms with Crippen molar-refractivity contribution in [3.63, 3.8) is 0 Å². The lowest BCUT2D eigenvalue weighted by Crippen LogP contribution is -2.28. The molecule has 26 heavy (non-hydrogen) atoms. The van der Waals surface area contributed by atoms with E-state index in [1.807, 2.05) is 0 Å². The van der Waals surface area contributed by atoms with Crippen molar-refractivity contribution < 1.29 is 24.0 Å². The topological polar surface area (TPSA) is 120 Å². The molecule has 0 aliphatic carbocycles. The molecule has 0 heterocycles. The van der Waals surface area contributed by atoms with Crippen LogP contribution in [0.25, 0.3) is 0 Å². The molecule has 0 aliphatic rings. The van der Waals surface area contributed by atoms with Crippen molar-refractivity contribution in [1.29, 1.82) is 0 Å². The second kappa shape index (κ2) is 9.02. The van der Waals surface area contributed by atoms with Crippen molar-refractivity contribution in [2.24, 2.45) is 0 Å². The van der Waals surface area contributed by atoms with Crippen LogP contribution in [0.2, 0.25) is 0 Å². The van der Waals surface area contributed by atoms with Crippen LogP contribution in [-0.2, 0) is 9.53 Å². The molecule has 0 aromatic heterocycles. The Morgan fingerprint density at radius 1 is 1.19 bits per heavy atom. The second-order valence-corrected chi connectivity index (χ2v) is 6.39. The van der Waals surface area contributed by atoms with Gasteiger partial charge in [0.1, 0.15) is 17.0 Å². The van der Waals surface area contributed by atoms with Crippen LogP contribution < -0.4 is 15.4 Å². The van der Waals surface area contributed by atoms with Gasteiger partial charge in [-0.1, -0.05) is 0 Å². The number of ether oxygens (including phenoxy) is 2. The summed E-state index contributed by atoms with van der Waals surface area (Å²) in [5, 5.41) is 16.7. The largest absolute Gasteiger partial charge is 0.481 e. The zero-order valence-corrected chi connectivity index (χ0v) is 15.7. The molecule has 9 nitrogen and oxygen atoms in total. The molecule has 0 atom stereocenters. The Balaban J connectivity index is 3.20. The van der Waals surface area contributed by atoms with Crippen LogP contribution >= 0.6 is 0 Å². The van der Waals surface area contributed by atoms with Gasteiger partial charge < -0.3 is 20.1 Å². The summed E-state index contributed by atoms with van der Waals surface area (Å²) in [5.41, 5.74) is -0.751. The Morgan fingerprint density at radius 3 is 2.35 bits per heavy atom. The summed E-state index contributed by atoms with van der Waals surface area (Å²) in [7, 11) is 0. The molecule has 0 bridgehead atoms. The number of carbonyl (C=O) groups excluding carboxylic acids is 2. The van der Waals surface area contributed by atoms with E-state index in [1.54, 1.807) is 34.6 Å². The Bertz CT molecular complexity index is 682. The fourth-order valence-corrected chi connectivity index (χ4v) is 2.11. The zero-order chi connectivity index (χ0) is 19.9. The fraction of sp³-hybridized carbons (Fsp3) is 0.529. The lowest BCUT2D eigenvalue weighted by atomic mass is 10.1. The zero-order valence-electron chi connectivity index (χ0n) is 15.7. The minimum atomic E-state index is -0.673. The predicted octanol–water partition coefficient (Wildman–Crippen LogP) is 2.50. The summed E-state index contributed by atoms with van der Waals surface area (Å²) in [6, 6.07) is 2.48. The number of nitro groups is 1. The number of nitro benzene ring substituents is 1. The van der Waals surface area contributed by atoms with E-state index in [2.05, 4.69) is 10.6 Å². The number of benzene rings is 1. The van der Waals surface area contributed by atoms with Crippen LogP contribution in [0.15, 0.2) is 12.1 Å². The van der Waals surface area contributed by atoms with Gasteiger partial charge in [-0.05, 0) is 34.6 Å². The van der Waals surface area contributed by atoms with Crippen LogP contribution in [0.1, 0.15) is 45.0 Å². The Labute approximate surface area is 152 Å². The molecule has 0 aliphatic heterocycles. The van der Waals surface area contributed by atoms with E-state index in [4.69, 9.17) is 9.47 Å². The minimum Gasteiger partial charge on any atom is -0.481 e. The van der Waals surface area contributed by atoms with E-state index in [0.29, 0.717) is 13.1 Å². The highest BCUT2D eigenvalue weighted by Gasteiger charge is 2.24. The van der Waals surface area contributed by atoms with Crippen molar-refractivity contribution in [3.05, 3.63) is 27.8 Å². The number of hydrogen-bond donors (Lipinski definition) is 2. The van der Waals surface area contributed by atoms with Crippen LogP contribution in [0.5, 0.6) is 5.75 Å². The molecule has 144 valence electrons. The minimum absolute atomic E-state index is 0.0243. The lowest BCUT2D eigenvalue weighted by molar-refractivity contribution is -0.384. The Kier molecular flexibility index (Phi) is 7.36. The van der Waals surface area contributed by atoms with E-state index in [-0.39, 0.29) is 22.7 Å². The van der Waals surface area contributed by atoms with Crippen molar-refractivity contribution >= 4 is 23.3 Å². The first-order valence-corrected chi connectivity index (χ1v) is 8.28. The molecular weight excluding hydrogens is 342 g/mol. The Morgan fingerprint density at radius 2 is 1.85 bits per heavy atom. The number of esters is 1. The molecule has 0 radical (unpaired) electrons. The van der Waals surface area contributed by atoms with Gasteiger partial charge in [-0.15, -0.1) is 0 Å². The smallest absolute Gasteiger partial charge is 0.344 e. The predicted molar refractivity (Wildman–Crippen MR) is 96.6 cm³/mol. The molecule has 1 aromatic rings. The highest BCUT2D eigenvalue weighted by Crippen LogP contribution is 2.33. The van der Waals surface area contributed by atoms with Gasteiger partial charge in [0, 0.05) is 25.2 Å². The van der Waals surface area contributed by atoms with Crippen molar-refractivity contribution in [3.8, 4) is 5.75 Å². The van der Waals surface area contributed by atoms with Gasteiger partial charge in [0.2, 0.25) is 0 Å². The SMILES string of the molecule is CCNC(=O)c1cc([N+](=O)[O-])c(NCC)cc1OCC(=O)OC(C)(C)C. The van der Waals surface area contributed by atoms with Gasteiger partial charge in [0.25, 0.3) is 11.6 Å². The molecule has 0 spiro atoms. The van der Waals surface area contributed by atoms with Crippen molar-refractivity contribution in [2.45, 2.75) is 40.2 Å². The van der Waals surface area contributed by atoms with E-state index in [1.165, 1.54) is 6.07 Å². The highest BCUT2D eigenvalue weighted by molar-refractivity contribution is 5.98. The molecule has 0 fully saturated rings. The molecular formula is C17H25N3O6. The van der Waals surface area contributed by atoms with Crippen molar-refractivity contribution in [2.75, 3.05) is 25.0 Å². The van der Waals surface area contributed by atoms with Crippen LogP contribution in [-0.4, -0.2) is 42.1 Å². The third-order valence-electron chi connectivity index (χ3n) is 3.01. The monoisotopic (exact) mass is 367 g/mol. The average molecular weight is 367 g/mol. The van der Waals surface area contributed by atoms with Crippen LogP contribution in [0.3, 0.4) is 0 Å². The normalized spacial score (nSPS) is 10.8. The number of rotatable bonds is 8. The molecule has 1 rings (SSSR count). The van der Waals surface area contributed by atoms with Gasteiger partial charge in [-0.3, -0.25) is 14.9 Å². The van der Waals surface area contributed by atoms with Gasteiger partial charge in [0.05, 0.1) is 10.5 Å². The summed E-state index contributed by atoms with van der Waals surface area (Å²) in [4.78, 5) is 34.8. The highest BCUT2D eigenvalue weighted by atomic mass is 16.6. The first-order chi connectivity index (χ1) is 12.1. The molecule has 0 saturated carbocycles. The summed E-state index contributed by atoms with van der Waals surface area (Å²) < 4.78 is 10.6. The maximum atomic E-state index is 12.2. The fourth-order valence-electron chi connectivity index (χ4n) is 2.11. The number of hydrogen-bond acceptors (Lipinski definition) is 7. The van der Waals surface area contributed by atoms with Crippen LogP contribution in [0.4, 0.5) is 11.4 Å². The number of amides is 1. The van der Waals surface area contributed by atoms with Gasteiger partial charge >= 0.3 is 5.97 Å². The standard InChI is InChI=1S/C17H25N3O6/c1-6-18-12-9-14(25-10-15(21)26-17(3,4)5)11(16(22)19-7-2)8-13(12)20(23)24/h8-9,18H,6-7,10H2,1-5H3,(H,19,22). The molecule has 1 amide bonds. The summed E-state index contributed by atoms with van der Waals surface area (Å²) in [6.07, 6.45) is 0. The summed E-state index contributed by atoms with van der Waals surface area (Å²) in [6.45, 7) is 9.02. The number of nitrogens with zero attached hydrogens (tertiary/aromatic N) is 1.